The Hall–Kier alpha value is -2.90. The van der Waals surface area contributed by atoms with Gasteiger partial charge in [0.2, 0.25) is 0 Å². The molecule has 1 amide bonds. The Balaban J connectivity index is 1.79. The van der Waals surface area contributed by atoms with E-state index in [1.54, 1.807) is 15.8 Å². The molecule has 29 heavy (non-hydrogen) atoms. The molecule has 0 bridgehead atoms. The summed E-state index contributed by atoms with van der Waals surface area (Å²) in [6, 6.07) is 15.3. The van der Waals surface area contributed by atoms with Crippen molar-refractivity contribution < 1.29 is 4.79 Å². The molecule has 0 atom stereocenters. The van der Waals surface area contributed by atoms with Gasteiger partial charge in [-0.15, -0.1) is 0 Å². The highest BCUT2D eigenvalue weighted by Crippen LogP contribution is 2.32. The third-order valence-electron chi connectivity index (χ3n) is 4.63. The van der Waals surface area contributed by atoms with E-state index in [9.17, 15) is 4.79 Å². The van der Waals surface area contributed by atoms with Crippen molar-refractivity contribution in [2.24, 2.45) is 0 Å². The first-order valence-corrected chi connectivity index (χ1v) is 10.6. The number of nitrogens with one attached hydrogen (secondary N) is 1. The topological polar surface area (TPSA) is 63.1 Å². The molecule has 0 aliphatic carbocycles. The smallest absolute Gasteiger partial charge is 0.259 e. The molecule has 0 aliphatic heterocycles. The van der Waals surface area contributed by atoms with E-state index in [1.807, 2.05) is 62.4 Å². The van der Waals surface area contributed by atoms with E-state index in [2.05, 4.69) is 15.4 Å². The summed E-state index contributed by atoms with van der Waals surface area (Å²) in [5.41, 5.74) is 2.22. The minimum Gasteiger partial charge on any atom is -0.339 e. The number of fused-ring (bicyclic) bond motifs is 1. The van der Waals surface area contributed by atoms with Crippen LogP contribution >= 0.6 is 22.9 Å². The largest absolute Gasteiger partial charge is 0.339 e. The highest BCUT2D eigenvalue weighted by atomic mass is 35.5. The Morgan fingerprint density at radius 1 is 1.17 bits per heavy atom. The Morgan fingerprint density at radius 3 is 2.66 bits per heavy atom. The molecule has 0 unspecified atom stereocenters. The Labute approximate surface area is 177 Å². The van der Waals surface area contributed by atoms with Crippen LogP contribution in [0.15, 0.2) is 54.7 Å². The summed E-state index contributed by atoms with van der Waals surface area (Å²) in [6.45, 7) is 5.19. The second kappa shape index (κ2) is 8.23. The molecule has 4 rings (SSSR count). The van der Waals surface area contributed by atoms with Crippen LogP contribution in [0.25, 0.3) is 15.9 Å². The van der Waals surface area contributed by atoms with Gasteiger partial charge in [-0.25, -0.2) is 9.67 Å². The van der Waals surface area contributed by atoms with Crippen LogP contribution in [-0.4, -0.2) is 38.7 Å². The van der Waals surface area contributed by atoms with Crippen molar-refractivity contribution >= 4 is 50.0 Å². The molecule has 4 aromatic rings. The van der Waals surface area contributed by atoms with Gasteiger partial charge in [0.1, 0.15) is 11.4 Å². The maximum Gasteiger partial charge on any atom is 0.259 e. The van der Waals surface area contributed by atoms with Crippen LogP contribution in [0.3, 0.4) is 0 Å². The van der Waals surface area contributed by atoms with Crippen LogP contribution in [0, 0.1) is 0 Å². The first-order valence-electron chi connectivity index (χ1n) is 9.36. The normalized spacial score (nSPS) is 11.0. The minimum absolute atomic E-state index is 0.0659. The van der Waals surface area contributed by atoms with E-state index in [0.717, 1.165) is 15.9 Å². The first kappa shape index (κ1) is 19.4. The number of rotatable bonds is 6. The summed E-state index contributed by atoms with van der Waals surface area (Å²) >= 11 is 7.58. The number of hydrogen-bond donors (Lipinski definition) is 1. The van der Waals surface area contributed by atoms with Gasteiger partial charge in [-0.05, 0) is 44.2 Å². The quantitative estimate of drug-likeness (QED) is 0.451. The molecule has 8 heteroatoms. The molecule has 2 aromatic heterocycles. The van der Waals surface area contributed by atoms with Crippen LogP contribution in [-0.2, 0) is 0 Å². The van der Waals surface area contributed by atoms with Gasteiger partial charge in [-0.1, -0.05) is 41.1 Å². The number of amides is 1. The number of nitrogens with zero attached hydrogens (tertiary/aromatic N) is 4. The standard InChI is InChI=1S/C21H20ClN5OS/c1-3-26(4-2)20(28)16-13-23-27(15-8-6-5-7-9-15)19(16)25-21-24-17-11-10-14(22)12-18(17)29-21/h5-13H,3-4H2,1-2H3,(H,24,25). The van der Waals surface area contributed by atoms with Gasteiger partial charge in [0.15, 0.2) is 5.13 Å². The molecular weight excluding hydrogens is 406 g/mol. The van der Waals surface area contributed by atoms with E-state index < -0.39 is 0 Å². The lowest BCUT2D eigenvalue weighted by molar-refractivity contribution is 0.0774. The van der Waals surface area contributed by atoms with Gasteiger partial charge in [0, 0.05) is 18.1 Å². The average molecular weight is 426 g/mol. The minimum atomic E-state index is -0.0659. The SMILES string of the molecule is CCN(CC)C(=O)c1cnn(-c2ccccc2)c1Nc1nc2ccc(Cl)cc2s1. The van der Waals surface area contributed by atoms with Crippen molar-refractivity contribution in [3.8, 4) is 5.69 Å². The molecule has 0 aliphatic rings. The molecule has 0 saturated heterocycles. The number of halogens is 1. The van der Waals surface area contributed by atoms with E-state index in [4.69, 9.17) is 11.6 Å². The van der Waals surface area contributed by atoms with E-state index >= 15 is 0 Å². The molecule has 148 valence electrons. The number of aromatic nitrogens is 3. The lowest BCUT2D eigenvalue weighted by Gasteiger charge is -2.19. The molecule has 0 saturated carbocycles. The van der Waals surface area contributed by atoms with Crippen molar-refractivity contribution in [2.45, 2.75) is 13.8 Å². The van der Waals surface area contributed by atoms with Crippen molar-refractivity contribution in [3.63, 3.8) is 0 Å². The molecular formula is C21H20ClN5OS. The third kappa shape index (κ3) is 3.83. The summed E-state index contributed by atoms with van der Waals surface area (Å²) in [6.07, 6.45) is 1.61. The van der Waals surface area contributed by atoms with Crippen LogP contribution in [0.2, 0.25) is 5.02 Å². The number of thiazole rings is 1. The first-order chi connectivity index (χ1) is 14.1. The second-order valence-electron chi connectivity index (χ2n) is 6.39. The summed E-state index contributed by atoms with van der Waals surface area (Å²) in [5, 5.41) is 9.16. The van der Waals surface area contributed by atoms with Crippen molar-refractivity contribution in [3.05, 3.63) is 65.3 Å². The van der Waals surface area contributed by atoms with Gasteiger partial charge in [0.05, 0.1) is 22.1 Å². The number of hydrogen-bond acceptors (Lipinski definition) is 5. The molecule has 0 radical (unpaired) electrons. The Bertz CT molecular complexity index is 1150. The fraction of sp³-hybridized carbons (Fsp3) is 0.190. The van der Waals surface area contributed by atoms with Gasteiger partial charge >= 0.3 is 0 Å². The van der Waals surface area contributed by atoms with Crippen LogP contribution < -0.4 is 5.32 Å². The van der Waals surface area contributed by atoms with Crippen molar-refractivity contribution in [2.75, 3.05) is 18.4 Å². The number of anilines is 2. The maximum absolute atomic E-state index is 13.1. The molecule has 0 spiro atoms. The zero-order valence-electron chi connectivity index (χ0n) is 16.1. The average Bonchev–Trinajstić information content (AvgIpc) is 3.33. The fourth-order valence-corrected chi connectivity index (χ4v) is 4.27. The molecule has 6 nitrogen and oxygen atoms in total. The van der Waals surface area contributed by atoms with Crippen LogP contribution in [0.5, 0.6) is 0 Å². The third-order valence-corrected chi connectivity index (χ3v) is 5.80. The Kier molecular flexibility index (Phi) is 5.51. The molecule has 2 aromatic carbocycles. The van der Waals surface area contributed by atoms with Crippen LogP contribution in [0.4, 0.5) is 10.9 Å². The predicted molar refractivity (Wildman–Crippen MR) is 119 cm³/mol. The lowest BCUT2D eigenvalue weighted by atomic mass is 10.2. The summed E-state index contributed by atoms with van der Waals surface area (Å²) in [5.74, 6) is 0.530. The van der Waals surface area contributed by atoms with Gasteiger partial charge in [-0.3, -0.25) is 4.79 Å². The van der Waals surface area contributed by atoms with E-state index in [0.29, 0.717) is 34.6 Å². The molecule has 1 N–H and O–H groups in total. The van der Waals surface area contributed by atoms with E-state index in [1.165, 1.54) is 11.3 Å². The van der Waals surface area contributed by atoms with Gasteiger partial charge in [-0.2, -0.15) is 5.10 Å². The lowest BCUT2D eigenvalue weighted by Crippen LogP contribution is -2.30. The van der Waals surface area contributed by atoms with Crippen molar-refractivity contribution in [1.82, 2.24) is 19.7 Å². The van der Waals surface area contributed by atoms with Crippen molar-refractivity contribution in [1.29, 1.82) is 0 Å². The monoisotopic (exact) mass is 425 g/mol. The van der Waals surface area contributed by atoms with Gasteiger partial charge in [0.25, 0.3) is 5.91 Å². The summed E-state index contributed by atoms with van der Waals surface area (Å²) < 4.78 is 2.71. The second-order valence-corrected chi connectivity index (χ2v) is 7.85. The predicted octanol–water partition coefficient (Wildman–Crippen LogP) is 5.36. The highest BCUT2D eigenvalue weighted by Gasteiger charge is 2.23. The fourth-order valence-electron chi connectivity index (χ4n) is 3.12. The number of carbonyl (C=O) groups excluding carboxylic acids is 1. The van der Waals surface area contributed by atoms with Gasteiger partial charge < -0.3 is 10.2 Å². The summed E-state index contributed by atoms with van der Waals surface area (Å²) in [4.78, 5) is 19.5. The van der Waals surface area contributed by atoms with Crippen LogP contribution in [0.1, 0.15) is 24.2 Å². The number of para-hydroxylation sites is 1. The maximum atomic E-state index is 13.1. The summed E-state index contributed by atoms with van der Waals surface area (Å²) in [7, 11) is 0. The zero-order chi connectivity index (χ0) is 20.4. The van der Waals surface area contributed by atoms with E-state index in [-0.39, 0.29) is 5.91 Å². The zero-order valence-corrected chi connectivity index (χ0v) is 17.7. The molecule has 0 fully saturated rings. The number of carbonyl (C=O) groups is 1. The molecule has 2 heterocycles. The highest BCUT2D eigenvalue weighted by molar-refractivity contribution is 7.22. The number of benzene rings is 2. The Morgan fingerprint density at radius 2 is 1.93 bits per heavy atom.